The molecule has 0 unspecified atom stereocenters. The third-order valence-corrected chi connectivity index (χ3v) is 2.01. The maximum atomic E-state index is 11.5. The molecule has 1 amide bonds. The van der Waals surface area contributed by atoms with Crippen LogP contribution in [0.4, 0.5) is 4.79 Å². The van der Waals surface area contributed by atoms with Crippen molar-refractivity contribution in [2.45, 2.75) is 59.5 Å². The number of nitrogens with zero attached hydrogens (tertiary/aromatic N) is 1. The van der Waals surface area contributed by atoms with Crippen LogP contribution in [-0.4, -0.2) is 48.9 Å². The van der Waals surface area contributed by atoms with E-state index >= 15 is 0 Å². The molecule has 0 aliphatic carbocycles. The van der Waals surface area contributed by atoms with Gasteiger partial charge < -0.3 is 9.64 Å². The zero-order chi connectivity index (χ0) is 16.4. The minimum atomic E-state index is -3.67. The lowest BCUT2D eigenvalue weighted by atomic mass is 10.1. The van der Waals surface area contributed by atoms with Gasteiger partial charge in [0.1, 0.15) is 5.60 Å². The van der Waals surface area contributed by atoms with E-state index in [1.165, 1.54) is 6.42 Å². The second-order valence-electron chi connectivity index (χ2n) is 5.26. The van der Waals surface area contributed by atoms with Gasteiger partial charge in [-0.1, -0.05) is 13.8 Å². The maximum absolute atomic E-state index is 11.5. The average Bonchev–Trinajstić information content (AvgIpc) is 2.28. The van der Waals surface area contributed by atoms with Crippen LogP contribution in [0.15, 0.2) is 0 Å². The molecule has 0 bridgehead atoms. The highest BCUT2D eigenvalue weighted by molar-refractivity contribution is 7.85. The first-order valence-electron chi connectivity index (χ1n) is 6.89. The summed E-state index contributed by atoms with van der Waals surface area (Å²) in [5, 5.41) is 0. The molecule has 1 aliphatic rings. The molecule has 0 aromatic carbocycles. The molecule has 0 spiro atoms. The fraction of sp³-hybridized carbons (Fsp3) is 0.923. The highest BCUT2D eigenvalue weighted by Crippen LogP contribution is 2.14. The van der Waals surface area contributed by atoms with Crippen LogP contribution >= 0.6 is 0 Å². The van der Waals surface area contributed by atoms with E-state index in [1.807, 2.05) is 34.6 Å². The SMILES string of the molecule is CC.CC(C)(C)OC(=O)N1CCCCC1.CS(=O)(=O)O. The van der Waals surface area contributed by atoms with Crippen LogP contribution in [0.3, 0.4) is 0 Å². The van der Waals surface area contributed by atoms with E-state index in [9.17, 15) is 13.2 Å². The van der Waals surface area contributed by atoms with Gasteiger partial charge in [0.2, 0.25) is 0 Å². The molecule has 20 heavy (non-hydrogen) atoms. The highest BCUT2D eigenvalue weighted by Gasteiger charge is 2.22. The van der Waals surface area contributed by atoms with Gasteiger partial charge in [-0.2, -0.15) is 8.42 Å². The number of ether oxygens (including phenoxy) is 1. The molecule has 1 saturated heterocycles. The Labute approximate surface area is 123 Å². The summed E-state index contributed by atoms with van der Waals surface area (Å²) in [6.07, 6.45) is 4.01. The molecule has 0 aromatic rings. The first kappa shape index (κ1) is 21.5. The number of carbonyl (C=O) groups excluding carboxylic acids is 1. The second kappa shape index (κ2) is 9.99. The molecule has 7 heteroatoms. The molecular weight excluding hydrogens is 282 g/mol. The van der Waals surface area contributed by atoms with Gasteiger partial charge in [-0.25, -0.2) is 4.79 Å². The van der Waals surface area contributed by atoms with E-state index in [0.29, 0.717) is 6.26 Å². The van der Waals surface area contributed by atoms with Crippen molar-refractivity contribution in [2.75, 3.05) is 19.3 Å². The van der Waals surface area contributed by atoms with Crippen molar-refractivity contribution in [3.8, 4) is 0 Å². The molecule has 6 nitrogen and oxygen atoms in total. The fourth-order valence-corrected chi connectivity index (χ4v) is 1.40. The van der Waals surface area contributed by atoms with Gasteiger partial charge in [-0.3, -0.25) is 4.55 Å². The van der Waals surface area contributed by atoms with Gasteiger partial charge in [-0.15, -0.1) is 0 Å². The zero-order valence-electron chi connectivity index (χ0n) is 13.5. The first-order chi connectivity index (χ1) is 8.99. The summed E-state index contributed by atoms with van der Waals surface area (Å²) >= 11 is 0. The monoisotopic (exact) mass is 311 g/mol. The van der Waals surface area contributed by atoms with Crippen molar-refractivity contribution in [1.29, 1.82) is 0 Å². The number of likely N-dealkylation sites (tertiary alicyclic amines) is 1. The van der Waals surface area contributed by atoms with Crippen molar-refractivity contribution in [3.63, 3.8) is 0 Å². The standard InChI is InChI=1S/C10H19NO2.C2H6.CH4O3S/c1-10(2,3)13-9(12)11-7-5-4-6-8-11;1-2;1-5(2,3)4/h4-8H2,1-3H3;1-2H3;1H3,(H,2,3,4). The highest BCUT2D eigenvalue weighted by atomic mass is 32.2. The lowest BCUT2D eigenvalue weighted by Gasteiger charge is -2.29. The number of piperidine rings is 1. The van der Waals surface area contributed by atoms with Gasteiger partial charge in [0.05, 0.1) is 6.26 Å². The summed E-state index contributed by atoms with van der Waals surface area (Å²) in [5.41, 5.74) is -0.367. The fourth-order valence-electron chi connectivity index (χ4n) is 1.40. The van der Waals surface area contributed by atoms with Gasteiger partial charge in [0.25, 0.3) is 10.1 Å². The Bertz CT molecular complexity index is 345. The van der Waals surface area contributed by atoms with Gasteiger partial charge >= 0.3 is 6.09 Å². The number of amides is 1. The first-order valence-corrected chi connectivity index (χ1v) is 8.74. The van der Waals surface area contributed by atoms with Gasteiger partial charge in [-0.05, 0) is 40.0 Å². The Kier molecular flexibility index (Phi) is 10.7. The number of hydrogen-bond acceptors (Lipinski definition) is 4. The minimum absolute atomic E-state index is 0.160. The summed E-state index contributed by atoms with van der Waals surface area (Å²) in [6.45, 7) is 11.4. The van der Waals surface area contributed by atoms with Crippen molar-refractivity contribution < 1.29 is 22.5 Å². The number of rotatable bonds is 0. The molecule has 1 aliphatic heterocycles. The Hall–Kier alpha value is -0.820. The van der Waals surface area contributed by atoms with Crippen molar-refractivity contribution >= 4 is 16.2 Å². The van der Waals surface area contributed by atoms with E-state index < -0.39 is 10.1 Å². The van der Waals surface area contributed by atoms with Crippen LogP contribution in [-0.2, 0) is 14.9 Å². The van der Waals surface area contributed by atoms with Gasteiger partial charge in [0, 0.05) is 13.1 Å². The smallest absolute Gasteiger partial charge is 0.410 e. The second-order valence-corrected chi connectivity index (χ2v) is 6.73. The zero-order valence-corrected chi connectivity index (χ0v) is 14.3. The Balaban J connectivity index is 0. The Morgan fingerprint density at radius 2 is 1.45 bits per heavy atom. The van der Waals surface area contributed by atoms with Crippen molar-refractivity contribution in [1.82, 2.24) is 4.90 Å². The van der Waals surface area contributed by atoms with Gasteiger partial charge in [0.15, 0.2) is 0 Å². The lowest BCUT2D eigenvalue weighted by molar-refractivity contribution is 0.0216. The van der Waals surface area contributed by atoms with E-state index in [4.69, 9.17) is 9.29 Å². The van der Waals surface area contributed by atoms with Crippen LogP contribution in [0.25, 0.3) is 0 Å². The van der Waals surface area contributed by atoms with E-state index in [-0.39, 0.29) is 11.7 Å². The molecule has 122 valence electrons. The Morgan fingerprint density at radius 3 is 1.75 bits per heavy atom. The van der Waals surface area contributed by atoms with Crippen LogP contribution in [0.5, 0.6) is 0 Å². The average molecular weight is 311 g/mol. The molecule has 1 rings (SSSR count). The van der Waals surface area contributed by atoms with Crippen LogP contribution < -0.4 is 0 Å². The lowest BCUT2D eigenvalue weighted by Crippen LogP contribution is -2.39. The van der Waals surface area contributed by atoms with E-state index in [1.54, 1.807) is 4.90 Å². The third kappa shape index (κ3) is 17.2. The maximum Gasteiger partial charge on any atom is 0.410 e. The molecule has 1 heterocycles. The predicted octanol–water partition coefficient (Wildman–Crippen LogP) is 2.94. The minimum Gasteiger partial charge on any atom is -0.444 e. The number of hydrogen-bond donors (Lipinski definition) is 1. The summed E-state index contributed by atoms with van der Waals surface area (Å²) in [4.78, 5) is 13.3. The van der Waals surface area contributed by atoms with Crippen molar-refractivity contribution in [2.24, 2.45) is 0 Å². The molecule has 0 aromatic heterocycles. The summed E-state index contributed by atoms with van der Waals surface area (Å²) in [7, 11) is -3.67. The number of carbonyl (C=O) groups is 1. The third-order valence-electron chi connectivity index (χ3n) is 2.01. The summed E-state index contributed by atoms with van der Waals surface area (Å²) < 4.78 is 31.1. The molecule has 1 fully saturated rings. The molecule has 0 atom stereocenters. The van der Waals surface area contributed by atoms with Crippen molar-refractivity contribution in [3.05, 3.63) is 0 Å². The van der Waals surface area contributed by atoms with Crippen LogP contribution in [0, 0.1) is 0 Å². The molecule has 1 N–H and O–H groups in total. The summed E-state index contributed by atoms with van der Waals surface area (Å²) in [5.74, 6) is 0. The van der Waals surface area contributed by atoms with E-state index in [0.717, 1.165) is 25.9 Å². The van der Waals surface area contributed by atoms with Crippen LogP contribution in [0.2, 0.25) is 0 Å². The molecular formula is C13H29NO5S. The van der Waals surface area contributed by atoms with Crippen LogP contribution in [0.1, 0.15) is 53.9 Å². The normalized spacial score (nSPS) is 15.2. The molecule has 0 saturated carbocycles. The largest absolute Gasteiger partial charge is 0.444 e. The predicted molar refractivity (Wildman–Crippen MR) is 80.5 cm³/mol. The quantitative estimate of drug-likeness (QED) is 0.695. The molecule has 0 radical (unpaired) electrons. The topological polar surface area (TPSA) is 83.9 Å². The van der Waals surface area contributed by atoms with E-state index in [2.05, 4.69) is 0 Å². The Morgan fingerprint density at radius 1 is 1.10 bits per heavy atom. The summed E-state index contributed by atoms with van der Waals surface area (Å²) in [6, 6.07) is 0.